The molecule has 0 amide bonds. The van der Waals surface area contributed by atoms with Crippen LogP contribution in [-0.2, 0) is 5.75 Å². The van der Waals surface area contributed by atoms with Crippen LogP contribution in [0.4, 0.5) is 13.2 Å². The Morgan fingerprint density at radius 1 is 1.12 bits per heavy atom. The zero-order chi connectivity index (χ0) is 18.1. The van der Waals surface area contributed by atoms with Gasteiger partial charge in [0.25, 0.3) is 0 Å². The molecule has 0 unspecified atom stereocenters. The number of alkyl halides is 2. The standard InChI is InChI=1S/C17H11F3N4SSe/c18-14-7-11(25-9-10-4-2-1-3-5-10)6-13-12(8-21-24(13)14)16-22-23-17(26-16)15(19)20/h1-8,15H,9H2. The predicted octanol–water partition coefficient (Wildman–Crippen LogP) is 4.22. The maximum atomic E-state index is 14.4. The first-order chi connectivity index (χ1) is 12.6. The molecule has 9 heteroatoms. The van der Waals surface area contributed by atoms with E-state index in [2.05, 4.69) is 15.3 Å². The Bertz CT molecular complexity index is 1050. The molecule has 0 aliphatic rings. The van der Waals surface area contributed by atoms with E-state index in [9.17, 15) is 13.2 Å². The second-order valence-electron chi connectivity index (χ2n) is 5.39. The summed E-state index contributed by atoms with van der Waals surface area (Å²) in [5.41, 5.74) is 2.18. The third kappa shape index (κ3) is 3.42. The SMILES string of the molecule is Fc1cc(SCc2ccccc2)cc2c(-c3nnc(C(F)F)[se]3)cnn12. The van der Waals surface area contributed by atoms with Crippen LogP contribution in [0.2, 0.25) is 0 Å². The number of rotatable bonds is 5. The Kier molecular flexibility index (Phi) is 4.84. The average molecular weight is 439 g/mol. The summed E-state index contributed by atoms with van der Waals surface area (Å²) in [5, 5.41) is 11.4. The predicted molar refractivity (Wildman–Crippen MR) is 94.1 cm³/mol. The van der Waals surface area contributed by atoms with Crippen molar-refractivity contribution < 1.29 is 13.2 Å². The van der Waals surface area contributed by atoms with Crippen LogP contribution >= 0.6 is 11.8 Å². The van der Waals surface area contributed by atoms with Crippen molar-refractivity contribution in [3.05, 3.63) is 64.7 Å². The molecule has 0 atom stereocenters. The number of halogens is 3. The van der Waals surface area contributed by atoms with Gasteiger partial charge in [-0.1, -0.05) is 0 Å². The van der Waals surface area contributed by atoms with Gasteiger partial charge in [-0.25, -0.2) is 0 Å². The minimum absolute atomic E-state index is 0.220. The quantitative estimate of drug-likeness (QED) is 0.265. The third-order valence-electron chi connectivity index (χ3n) is 3.66. The minimum atomic E-state index is -2.62. The second kappa shape index (κ2) is 7.26. The average Bonchev–Trinajstić information content (AvgIpc) is 3.28. The zero-order valence-corrected chi connectivity index (χ0v) is 15.7. The summed E-state index contributed by atoms with van der Waals surface area (Å²) in [7, 11) is 0. The molecule has 3 heterocycles. The van der Waals surface area contributed by atoms with Crippen LogP contribution in [0.3, 0.4) is 0 Å². The molecule has 0 radical (unpaired) electrons. The van der Waals surface area contributed by atoms with Crippen molar-refractivity contribution in [3.8, 4) is 10.1 Å². The third-order valence-corrected chi connectivity index (χ3v) is 6.72. The van der Waals surface area contributed by atoms with Gasteiger partial charge in [-0.15, -0.1) is 0 Å². The van der Waals surface area contributed by atoms with Gasteiger partial charge >= 0.3 is 157 Å². The van der Waals surface area contributed by atoms with E-state index in [1.807, 2.05) is 30.3 Å². The number of fused-ring (bicyclic) bond motifs is 1. The Morgan fingerprint density at radius 3 is 2.65 bits per heavy atom. The van der Waals surface area contributed by atoms with Crippen LogP contribution in [0.15, 0.2) is 53.6 Å². The molecule has 0 saturated carbocycles. The number of thioether (sulfide) groups is 1. The van der Waals surface area contributed by atoms with E-state index in [0.717, 1.165) is 15.0 Å². The van der Waals surface area contributed by atoms with E-state index in [-0.39, 0.29) is 4.57 Å². The van der Waals surface area contributed by atoms with Crippen molar-refractivity contribution in [3.63, 3.8) is 0 Å². The molecular weight excluding hydrogens is 428 g/mol. The summed E-state index contributed by atoms with van der Waals surface area (Å²) in [6, 6.07) is 13.1. The van der Waals surface area contributed by atoms with Crippen LogP contribution in [0, 0.1) is 5.95 Å². The topological polar surface area (TPSA) is 43.1 Å². The number of hydrogen-bond acceptors (Lipinski definition) is 4. The molecule has 0 fully saturated rings. The van der Waals surface area contributed by atoms with Crippen LogP contribution < -0.4 is 0 Å². The van der Waals surface area contributed by atoms with Crippen molar-refractivity contribution in [2.24, 2.45) is 0 Å². The van der Waals surface area contributed by atoms with Crippen LogP contribution in [0.1, 0.15) is 16.6 Å². The van der Waals surface area contributed by atoms with Gasteiger partial charge in [-0.05, 0) is 0 Å². The summed E-state index contributed by atoms with van der Waals surface area (Å²) in [5.74, 6) is 0.189. The number of aromatic nitrogens is 4. The van der Waals surface area contributed by atoms with E-state index in [1.54, 1.807) is 6.07 Å². The Labute approximate surface area is 156 Å². The summed E-state index contributed by atoms with van der Waals surface area (Å²) >= 11 is 0.819. The summed E-state index contributed by atoms with van der Waals surface area (Å²) in [4.78, 5) is 0.738. The second-order valence-corrected chi connectivity index (χ2v) is 8.56. The fraction of sp³-hybridized carbons (Fsp3) is 0.118. The molecule has 0 saturated heterocycles. The Hall–Kier alpha value is -2.09. The van der Waals surface area contributed by atoms with Gasteiger partial charge in [0.2, 0.25) is 0 Å². The fourth-order valence-corrected chi connectivity index (χ4v) is 4.85. The van der Waals surface area contributed by atoms with Crippen LogP contribution in [0.25, 0.3) is 15.6 Å². The van der Waals surface area contributed by atoms with Gasteiger partial charge < -0.3 is 0 Å². The molecule has 0 bridgehead atoms. The van der Waals surface area contributed by atoms with Gasteiger partial charge in [0.05, 0.1) is 0 Å². The van der Waals surface area contributed by atoms with E-state index in [1.165, 1.54) is 24.0 Å². The first kappa shape index (κ1) is 17.3. The molecule has 4 nitrogen and oxygen atoms in total. The first-order valence-corrected chi connectivity index (χ1v) is 10.3. The Balaban J connectivity index is 1.68. The molecule has 1 aromatic carbocycles. The van der Waals surface area contributed by atoms with Crippen molar-refractivity contribution >= 4 is 31.8 Å². The number of pyridine rings is 1. The molecule has 0 N–H and O–H groups in total. The van der Waals surface area contributed by atoms with Crippen molar-refractivity contribution in [1.29, 1.82) is 0 Å². The zero-order valence-electron chi connectivity index (χ0n) is 13.1. The molecule has 4 rings (SSSR count). The molecular formula is C17H11F3N4SSe. The number of benzene rings is 1. The van der Waals surface area contributed by atoms with Crippen molar-refractivity contribution in [1.82, 2.24) is 19.8 Å². The summed E-state index contributed by atoms with van der Waals surface area (Å²) in [6.45, 7) is 0. The maximum absolute atomic E-state index is 14.4. The van der Waals surface area contributed by atoms with Gasteiger partial charge in [0.15, 0.2) is 0 Å². The number of hydrogen-bond donors (Lipinski definition) is 0. The molecule has 132 valence electrons. The number of nitrogens with zero attached hydrogens (tertiary/aromatic N) is 4. The van der Waals surface area contributed by atoms with E-state index >= 15 is 0 Å². The molecule has 0 aliphatic heterocycles. The monoisotopic (exact) mass is 440 g/mol. The normalized spacial score (nSPS) is 11.5. The van der Waals surface area contributed by atoms with Crippen LogP contribution in [0.5, 0.6) is 0 Å². The van der Waals surface area contributed by atoms with Crippen molar-refractivity contribution in [2.75, 3.05) is 0 Å². The first-order valence-electron chi connectivity index (χ1n) is 7.58. The van der Waals surface area contributed by atoms with Crippen molar-refractivity contribution in [2.45, 2.75) is 17.1 Å². The van der Waals surface area contributed by atoms with E-state index in [4.69, 9.17) is 0 Å². The van der Waals surface area contributed by atoms with Gasteiger partial charge in [0, 0.05) is 0 Å². The fourth-order valence-electron chi connectivity index (χ4n) is 2.44. The van der Waals surface area contributed by atoms with Gasteiger partial charge in [-0.2, -0.15) is 0 Å². The molecule has 0 aliphatic carbocycles. The van der Waals surface area contributed by atoms with E-state index in [0.29, 0.717) is 21.4 Å². The molecule has 3 aromatic heterocycles. The summed E-state index contributed by atoms with van der Waals surface area (Å²) < 4.78 is 41.3. The Morgan fingerprint density at radius 2 is 1.92 bits per heavy atom. The molecule has 0 spiro atoms. The molecule has 26 heavy (non-hydrogen) atoms. The van der Waals surface area contributed by atoms with E-state index < -0.39 is 26.9 Å². The summed E-state index contributed by atoms with van der Waals surface area (Å²) in [6.07, 6.45) is -1.17. The van der Waals surface area contributed by atoms with Crippen LogP contribution in [-0.4, -0.2) is 34.3 Å². The van der Waals surface area contributed by atoms with Gasteiger partial charge in [0.1, 0.15) is 0 Å². The molecule has 4 aromatic rings. The van der Waals surface area contributed by atoms with Gasteiger partial charge in [-0.3, -0.25) is 0 Å².